The first-order valence-electron chi connectivity index (χ1n) is 6.59. The lowest BCUT2D eigenvalue weighted by Crippen LogP contribution is -2.12. The molecule has 0 unspecified atom stereocenters. The Bertz CT molecular complexity index is 359. The highest BCUT2D eigenvalue weighted by molar-refractivity contribution is 5.29. The Labute approximate surface area is 103 Å². The van der Waals surface area contributed by atoms with Gasteiger partial charge in [-0.15, -0.1) is 0 Å². The number of nitrogens with zero attached hydrogens (tertiary/aromatic N) is 1. The molecule has 1 aromatic rings. The fourth-order valence-corrected chi connectivity index (χ4v) is 2.43. The molecule has 0 bridgehead atoms. The van der Waals surface area contributed by atoms with E-state index in [0.717, 1.165) is 36.1 Å². The molecule has 0 aromatic carbocycles. The van der Waals surface area contributed by atoms with Gasteiger partial charge in [-0.05, 0) is 44.4 Å². The van der Waals surface area contributed by atoms with Crippen molar-refractivity contribution in [1.29, 1.82) is 0 Å². The molecule has 94 valence electrons. The third-order valence-corrected chi connectivity index (χ3v) is 3.40. The smallest absolute Gasteiger partial charge is 0.140 e. The molecule has 1 aliphatic rings. The Balaban J connectivity index is 1.98. The summed E-state index contributed by atoms with van der Waals surface area (Å²) >= 11 is 0. The second kappa shape index (κ2) is 6.01. The van der Waals surface area contributed by atoms with Crippen LogP contribution in [0.5, 0.6) is 5.75 Å². The van der Waals surface area contributed by atoms with E-state index < -0.39 is 0 Å². The van der Waals surface area contributed by atoms with Gasteiger partial charge in [-0.2, -0.15) is 0 Å². The van der Waals surface area contributed by atoms with E-state index in [1.807, 2.05) is 19.1 Å². The van der Waals surface area contributed by atoms with E-state index in [-0.39, 0.29) is 0 Å². The highest BCUT2D eigenvalue weighted by atomic mass is 16.5. The molecule has 2 N–H and O–H groups in total. The minimum Gasteiger partial charge on any atom is -0.491 e. The number of hydrogen-bond donors (Lipinski definition) is 1. The van der Waals surface area contributed by atoms with Gasteiger partial charge in [0.2, 0.25) is 0 Å². The maximum atomic E-state index is 5.91. The zero-order chi connectivity index (χ0) is 12.1. The van der Waals surface area contributed by atoms with Gasteiger partial charge in [0.1, 0.15) is 5.75 Å². The number of aromatic nitrogens is 1. The molecule has 0 atom stereocenters. The van der Waals surface area contributed by atoms with Gasteiger partial charge >= 0.3 is 0 Å². The van der Waals surface area contributed by atoms with Crippen LogP contribution in [0, 0.1) is 12.8 Å². The fraction of sp³-hybridized carbons (Fsp3) is 0.643. The normalized spacial score (nSPS) is 16.4. The fourth-order valence-electron chi connectivity index (χ4n) is 2.43. The van der Waals surface area contributed by atoms with Crippen molar-refractivity contribution in [2.75, 3.05) is 13.2 Å². The van der Waals surface area contributed by atoms with Crippen LogP contribution in [0.15, 0.2) is 12.1 Å². The van der Waals surface area contributed by atoms with Crippen molar-refractivity contribution in [3.05, 3.63) is 23.5 Å². The highest BCUT2D eigenvalue weighted by Gasteiger charge is 2.16. The molecule has 17 heavy (non-hydrogen) atoms. The molecule has 0 aliphatic heterocycles. The summed E-state index contributed by atoms with van der Waals surface area (Å²) in [6.07, 6.45) is 6.13. The van der Waals surface area contributed by atoms with E-state index >= 15 is 0 Å². The molecule has 3 nitrogen and oxygen atoms in total. The maximum absolute atomic E-state index is 5.91. The first kappa shape index (κ1) is 12.4. The van der Waals surface area contributed by atoms with Crippen LogP contribution in [0.25, 0.3) is 0 Å². The van der Waals surface area contributed by atoms with Crippen LogP contribution in [-0.4, -0.2) is 18.1 Å². The van der Waals surface area contributed by atoms with Crippen LogP contribution in [0.1, 0.15) is 37.1 Å². The van der Waals surface area contributed by atoms with Crippen molar-refractivity contribution in [3.63, 3.8) is 0 Å². The lowest BCUT2D eigenvalue weighted by atomic mass is 10.1. The van der Waals surface area contributed by atoms with Gasteiger partial charge in [0.15, 0.2) is 0 Å². The van der Waals surface area contributed by atoms with Crippen LogP contribution in [0.4, 0.5) is 0 Å². The summed E-state index contributed by atoms with van der Waals surface area (Å²) in [6.45, 7) is 3.46. The first-order valence-corrected chi connectivity index (χ1v) is 6.59. The molecule has 0 spiro atoms. The molecular weight excluding hydrogens is 212 g/mol. The highest BCUT2D eigenvalue weighted by Crippen LogP contribution is 2.26. The number of aryl methyl sites for hydroxylation is 1. The maximum Gasteiger partial charge on any atom is 0.140 e. The predicted octanol–water partition coefficient (Wildman–Crippen LogP) is 2.46. The average molecular weight is 234 g/mol. The van der Waals surface area contributed by atoms with Crippen molar-refractivity contribution in [1.82, 2.24) is 4.98 Å². The van der Waals surface area contributed by atoms with Gasteiger partial charge in [-0.1, -0.05) is 12.8 Å². The van der Waals surface area contributed by atoms with E-state index in [1.165, 1.54) is 25.7 Å². The predicted molar refractivity (Wildman–Crippen MR) is 69.2 cm³/mol. The Morgan fingerprint density at radius 3 is 2.82 bits per heavy atom. The second-order valence-corrected chi connectivity index (χ2v) is 4.90. The van der Waals surface area contributed by atoms with Gasteiger partial charge in [-0.3, -0.25) is 4.98 Å². The van der Waals surface area contributed by atoms with E-state index in [2.05, 4.69) is 4.98 Å². The summed E-state index contributed by atoms with van der Waals surface area (Å²) in [7, 11) is 0. The van der Waals surface area contributed by atoms with Crippen molar-refractivity contribution < 1.29 is 4.74 Å². The van der Waals surface area contributed by atoms with Crippen molar-refractivity contribution >= 4 is 0 Å². The molecule has 1 fully saturated rings. The minimum atomic E-state index is 0.621. The quantitative estimate of drug-likeness (QED) is 0.851. The number of pyridine rings is 1. The largest absolute Gasteiger partial charge is 0.491 e. The third kappa shape index (κ3) is 3.43. The second-order valence-electron chi connectivity index (χ2n) is 4.90. The summed E-state index contributed by atoms with van der Waals surface area (Å²) < 4.78 is 5.91. The van der Waals surface area contributed by atoms with Crippen LogP contribution in [-0.2, 0) is 6.42 Å². The van der Waals surface area contributed by atoms with Gasteiger partial charge in [0, 0.05) is 12.1 Å². The lowest BCUT2D eigenvalue weighted by molar-refractivity contribution is 0.249. The minimum absolute atomic E-state index is 0.621. The van der Waals surface area contributed by atoms with Gasteiger partial charge in [0.05, 0.1) is 12.3 Å². The van der Waals surface area contributed by atoms with Crippen LogP contribution < -0.4 is 10.5 Å². The number of ether oxygens (including phenoxy) is 1. The van der Waals surface area contributed by atoms with Crippen LogP contribution >= 0.6 is 0 Å². The Kier molecular flexibility index (Phi) is 4.37. The molecule has 1 heterocycles. The number of nitrogens with two attached hydrogens (primary N) is 1. The van der Waals surface area contributed by atoms with Crippen molar-refractivity contribution in [2.45, 2.75) is 39.0 Å². The zero-order valence-corrected chi connectivity index (χ0v) is 10.6. The molecule has 1 aromatic heterocycles. The van der Waals surface area contributed by atoms with E-state index in [9.17, 15) is 0 Å². The monoisotopic (exact) mass is 234 g/mol. The summed E-state index contributed by atoms with van der Waals surface area (Å²) in [6, 6.07) is 4.03. The number of hydrogen-bond acceptors (Lipinski definition) is 3. The third-order valence-electron chi connectivity index (χ3n) is 3.40. The molecule has 2 rings (SSSR count). The zero-order valence-electron chi connectivity index (χ0n) is 10.6. The Morgan fingerprint density at radius 1 is 1.35 bits per heavy atom. The number of rotatable bonds is 5. The SMILES string of the molecule is Cc1ccc(OCC2CCCC2)c(CCN)n1. The van der Waals surface area contributed by atoms with Gasteiger partial charge < -0.3 is 10.5 Å². The van der Waals surface area contributed by atoms with Crippen LogP contribution in [0.3, 0.4) is 0 Å². The first-order chi connectivity index (χ1) is 8.29. The van der Waals surface area contributed by atoms with E-state index in [1.54, 1.807) is 0 Å². The molecule has 0 radical (unpaired) electrons. The summed E-state index contributed by atoms with van der Waals surface area (Å²) in [5, 5.41) is 0. The summed E-state index contributed by atoms with van der Waals surface area (Å²) in [5.41, 5.74) is 7.64. The topological polar surface area (TPSA) is 48.1 Å². The molecule has 0 saturated heterocycles. The molecular formula is C14H22N2O. The van der Waals surface area contributed by atoms with Crippen molar-refractivity contribution in [2.24, 2.45) is 11.7 Å². The lowest BCUT2D eigenvalue weighted by Gasteiger charge is -2.14. The summed E-state index contributed by atoms with van der Waals surface area (Å²) in [4.78, 5) is 4.50. The van der Waals surface area contributed by atoms with Crippen molar-refractivity contribution in [3.8, 4) is 5.75 Å². The van der Waals surface area contributed by atoms with Gasteiger partial charge in [0.25, 0.3) is 0 Å². The van der Waals surface area contributed by atoms with Gasteiger partial charge in [-0.25, -0.2) is 0 Å². The Morgan fingerprint density at radius 2 is 2.12 bits per heavy atom. The summed E-state index contributed by atoms with van der Waals surface area (Å²) in [5.74, 6) is 1.66. The van der Waals surface area contributed by atoms with E-state index in [0.29, 0.717) is 6.54 Å². The average Bonchev–Trinajstić information content (AvgIpc) is 2.81. The molecule has 1 aliphatic carbocycles. The molecule has 1 saturated carbocycles. The molecule has 3 heteroatoms. The molecule has 0 amide bonds. The van der Waals surface area contributed by atoms with E-state index in [4.69, 9.17) is 10.5 Å². The Hall–Kier alpha value is -1.09. The standard InChI is InChI=1S/C14H22N2O/c1-11-6-7-14(13(16-11)8-9-15)17-10-12-4-2-3-5-12/h6-7,12H,2-5,8-10,15H2,1H3. The van der Waals surface area contributed by atoms with Crippen LogP contribution in [0.2, 0.25) is 0 Å².